The van der Waals surface area contributed by atoms with Gasteiger partial charge >= 0.3 is 12.2 Å². The van der Waals surface area contributed by atoms with Gasteiger partial charge in [-0.1, -0.05) is 25.9 Å². The first-order chi connectivity index (χ1) is 15.0. The first-order valence-corrected chi connectivity index (χ1v) is 10.4. The molecule has 0 saturated carbocycles. The number of pyridine rings is 1. The molecule has 174 valence electrons. The molecule has 2 aromatic rings. The van der Waals surface area contributed by atoms with E-state index in [1.807, 2.05) is 20.8 Å². The minimum atomic E-state index is -4.56. The fraction of sp³-hybridized carbons (Fsp3) is 0.524. The minimum Gasteiger partial charge on any atom is -0.359 e. The number of anilines is 1. The largest absolute Gasteiger partial charge is 0.433 e. The zero-order chi connectivity index (χ0) is 23.5. The molecule has 11 heteroatoms. The quantitative estimate of drug-likeness (QED) is 0.751. The lowest BCUT2D eigenvalue weighted by Gasteiger charge is -2.22. The van der Waals surface area contributed by atoms with Gasteiger partial charge in [0.05, 0.1) is 5.56 Å². The van der Waals surface area contributed by atoms with Crippen molar-refractivity contribution in [3.63, 3.8) is 0 Å². The minimum absolute atomic E-state index is 0.0737. The molecule has 0 bridgehead atoms. The second-order valence-corrected chi connectivity index (χ2v) is 8.31. The predicted molar refractivity (Wildman–Crippen MR) is 110 cm³/mol. The molecule has 0 aromatic carbocycles. The van der Waals surface area contributed by atoms with Gasteiger partial charge in [0, 0.05) is 43.9 Å². The van der Waals surface area contributed by atoms with Crippen molar-refractivity contribution >= 4 is 17.8 Å². The highest BCUT2D eigenvalue weighted by atomic mass is 19.4. The maximum atomic E-state index is 12.7. The molecule has 8 nitrogen and oxygen atoms in total. The van der Waals surface area contributed by atoms with E-state index >= 15 is 0 Å². The second kappa shape index (κ2) is 9.17. The maximum Gasteiger partial charge on any atom is 0.433 e. The first-order valence-electron chi connectivity index (χ1n) is 10.4. The number of urea groups is 1. The fourth-order valence-electron chi connectivity index (χ4n) is 3.21. The summed E-state index contributed by atoms with van der Waals surface area (Å²) in [6, 6.07) is 3.25. The molecule has 3 heterocycles. The third kappa shape index (κ3) is 5.38. The lowest BCUT2D eigenvalue weighted by atomic mass is 9.87. The van der Waals surface area contributed by atoms with Crippen LogP contribution in [-0.4, -0.2) is 58.1 Å². The van der Waals surface area contributed by atoms with Gasteiger partial charge in [0.2, 0.25) is 0 Å². The van der Waals surface area contributed by atoms with E-state index in [-0.39, 0.29) is 30.1 Å². The van der Waals surface area contributed by atoms with Gasteiger partial charge in [-0.25, -0.2) is 4.79 Å². The van der Waals surface area contributed by atoms with Crippen molar-refractivity contribution in [3.05, 3.63) is 41.4 Å². The molecule has 1 fully saturated rings. The molecule has 2 aromatic heterocycles. The van der Waals surface area contributed by atoms with Gasteiger partial charge in [-0.3, -0.25) is 15.1 Å². The van der Waals surface area contributed by atoms with E-state index in [9.17, 15) is 22.8 Å². The van der Waals surface area contributed by atoms with Crippen molar-refractivity contribution in [2.45, 2.75) is 45.2 Å². The van der Waals surface area contributed by atoms with E-state index in [4.69, 9.17) is 4.52 Å². The van der Waals surface area contributed by atoms with Crippen LogP contribution >= 0.6 is 0 Å². The summed E-state index contributed by atoms with van der Waals surface area (Å²) in [5.74, 6) is 0.573. The molecule has 1 aliphatic heterocycles. The number of halogens is 3. The topological polar surface area (TPSA) is 91.6 Å². The number of amides is 3. The van der Waals surface area contributed by atoms with Gasteiger partial charge in [0.15, 0.2) is 5.82 Å². The fourth-order valence-corrected chi connectivity index (χ4v) is 3.21. The molecular weight excluding hydrogens is 427 g/mol. The van der Waals surface area contributed by atoms with E-state index in [2.05, 4.69) is 15.5 Å². The Morgan fingerprint density at radius 3 is 2.44 bits per heavy atom. The average molecular weight is 453 g/mol. The van der Waals surface area contributed by atoms with E-state index in [1.165, 1.54) is 4.90 Å². The lowest BCUT2D eigenvalue weighted by molar-refractivity contribution is -0.141. The van der Waals surface area contributed by atoms with Gasteiger partial charge < -0.3 is 14.3 Å². The molecule has 0 radical (unpaired) electrons. The van der Waals surface area contributed by atoms with Crippen LogP contribution in [0.25, 0.3) is 0 Å². The zero-order valence-electron chi connectivity index (χ0n) is 18.2. The van der Waals surface area contributed by atoms with Crippen LogP contribution in [0.4, 0.5) is 23.8 Å². The summed E-state index contributed by atoms with van der Waals surface area (Å²) in [6.45, 7) is 7.40. The molecule has 1 N–H and O–H groups in total. The molecule has 1 saturated heterocycles. The predicted octanol–water partition coefficient (Wildman–Crippen LogP) is 4.16. The summed E-state index contributed by atoms with van der Waals surface area (Å²) >= 11 is 0. The number of aromatic nitrogens is 2. The maximum absolute atomic E-state index is 12.7. The number of carbonyl (C=O) groups is 2. The van der Waals surface area contributed by atoms with Gasteiger partial charge in [-0.15, -0.1) is 0 Å². The number of rotatable bonds is 4. The van der Waals surface area contributed by atoms with Crippen LogP contribution in [0.2, 0.25) is 0 Å². The van der Waals surface area contributed by atoms with Crippen LogP contribution in [0.15, 0.2) is 28.9 Å². The molecule has 3 rings (SSSR count). The molecule has 0 spiro atoms. The number of hydrogen-bond acceptors (Lipinski definition) is 5. The van der Waals surface area contributed by atoms with Gasteiger partial charge in [-0.05, 0) is 25.0 Å². The van der Waals surface area contributed by atoms with E-state index in [0.29, 0.717) is 31.1 Å². The van der Waals surface area contributed by atoms with Crippen LogP contribution < -0.4 is 5.32 Å². The number of nitrogens with one attached hydrogen (secondary N) is 1. The zero-order valence-corrected chi connectivity index (χ0v) is 18.2. The van der Waals surface area contributed by atoms with Crippen molar-refractivity contribution in [1.82, 2.24) is 19.9 Å². The Labute approximate surface area is 183 Å². The van der Waals surface area contributed by atoms with Crippen LogP contribution in [0.5, 0.6) is 0 Å². The normalized spacial score (nSPS) is 15.4. The summed E-state index contributed by atoms with van der Waals surface area (Å²) in [6.07, 6.45) is -2.25. The second-order valence-electron chi connectivity index (χ2n) is 8.31. The monoisotopic (exact) mass is 453 g/mol. The molecule has 0 atom stereocenters. The van der Waals surface area contributed by atoms with Gasteiger partial charge in [0.1, 0.15) is 11.5 Å². The van der Waals surface area contributed by atoms with E-state index in [0.717, 1.165) is 24.8 Å². The molecular formula is C21H26F3N5O3. The van der Waals surface area contributed by atoms with Crippen molar-refractivity contribution in [2.24, 2.45) is 0 Å². The number of nitrogens with zero attached hydrogens (tertiary/aromatic N) is 4. The number of hydrogen-bond donors (Lipinski definition) is 1. The smallest absolute Gasteiger partial charge is 0.359 e. The molecule has 3 amide bonds. The average Bonchev–Trinajstić information content (AvgIpc) is 3.09. The molecule has 1 aliphatic rings. The third-order valence-electron chi connectivity index (χ3n) is 5.67. The third-order valence-corrected chi connectivity index (χ3v) is 5.67. The Hall–Kier alpha value is -3.11. The lowest BCUT2D eigenvalue weighted by Crippen LogP contribution is -2.39. The number of carbonyl (C=O) groups excluding carboxylic acids is 2. The summed E-state index contributed by atoms with van der Waals surface area (Å²) in [5.41, 5.74) is -1.18. The highest BCUT2D eigenvalue weighted by Crippen LogP contribution is 2.29. The number of alkyl halides is 3. The Morgan fingerprint density at radius 1 is 1.12 bits per heavy atom. The Kier molecular flexibility index (Phi) is 6.75. The Morgan fingerprint density at radius 2 is 1.81 bits per heavy atom. The standard InChI is InChI=1S/C21H26F3N5O3/c1-4-20(2,3)16-12-17(27-32-16)26-19(31)29-9-5-8-28(10-11-29)18(30)14-6-7-15(25-13-14)21(22,23)24/h6-7,12-13H,4-5,8-11H2,1-3H3,(H,26,27,31). The van der Waals surface area contributed by atoms with Crippen LogP contribution in [0, 0.1) is 0 Å². The van der Waals surface area contributed by atoms with Crippen LogP contribution in [-0.2, 0) is 11.6 Å². The van der Waals surface area contributed by atoms with Crippen molar-refractivity contribution < 1.29 is 27.3 Å². The first kappa shape index (κ1) is 23.6. The molecule has 0 aliphatic carbocycles. The molecule has 32 heavy (non-hydrogen) atoms. The van der Waals surface area contributed by atoms with Gasteiger partial charge in [0.25, 0.3) is 5.91 Å². The summed E-state index contributed by atoms with van der Waals surface area (Å²) < 4.78 is 43.4. The van der Waals surface area contributed by atoms with Crippen LogP contribution in [0.3, 0.4) is 0 Å². The highest BCUT2D eigenvalue weighted by molar-refractivity contribution is 5.94. The van der Waals surface area contributed by atoms with Crippen molar-refractivity contribution in [3.8, 4) is 0 Å². The van der Waals surface area contributed by atoms with Crippen molar-refractivity contribution in [2.75, 3.05) is 31.5 Å². The van der Waals surface area contributed by atoms with E-state index in [1.54, 1.807) is 11.0 Å². The van der Waals surface area contributed by atoms with E-state index < -0.39 is 17.8 Å². The summed E-state index contributed by atoms with van der Waals surface area (Å²) in [7, 11) is 0. The summed E-state index contributed by atoms with van der Waals surface area (Å²) in [4.78, 5) is 31.7. The SMILES string of the molecule is CCC(C)(C)c1cc(NC(=O)N2CCCN(C(=O)c3ccc(C(F)(F)F)nc3)CC2)no1. The van der Waals surface area contributed by atoms with Crippen molar-refractivity contribution in [1.29, 1.82) is 0 Å². The Balaban J connectivity index is 1.58. The van der Waals surface area contributed by atoms with Crippen LogP contribution in [0.1, 0.15) is 55.4 Å². The highest BCUT2D eigenvalue weighted by Gasteiger charge is 2.32. The summed E-state index contributed by atoms with van der Waals surface area (Å²) in [5, 5.41) is 6.62. The Bertz CT molecular complexity index is 956. The molecule has 0 unspecified atom stereocenters. The van der Waals surface area contributed by atoms with Gasteiger partial charge in [-0.2, -0.15) is 13.2 Å².